The van der Waals surface area contributed by atoms with Crippen LogP contribution in [0.15, 0.2) is 67.8 Å². The average Bonchev–Trinajstić information content (AvgIpc) is 3.37. The van der Waals surface area contributed by atoms with Gasteiger partial charge in [0.15, 0.2) is 16.1 Å². The predicted molar refractivity (Wildman–Crippen MR) is 117 cm³/mol. The molecule has 0 bridgehead atoms. The Hall–Kier alpha value is -2.60. The number of nitrogens with zero attached hydrogens (tertiary/aromatic N) is 2. The van der Waals surface area contributed by atoms with Crippen molar-refractivity contribution in [2.24, 2.45) is 4.99 Å². The van der Waals surface area contributed by atoms with Gasteiger partial charge < -0.3 is 4.85 Å². The highest BCUT2D eigenvalue weighted by Crippen LogP contribution is 2.11. The molecule has 0 saturated carbocycles. The number of aryl methyl sites for hydroxylation is 1. The van der Waals surface area contributed by atoms with Gasteiger partial charge in [0.25, 0.3) is 0 Å². The quantitative estimate of drug-likeness (QED) is 0.318. The normalized spacial score (nSPS) is 9.71. The fourth-order valence-corrected chi connectivity index (χ4v) is 3.96. The van der Waals surface area contributed by atoms with Crippen LogP contribution in [0, 0.1) is 13.5 Å². The van der Waals surface area contributed by atoms with Crippen LogP contribution in [0.3, 0.4) is 0 Å². The van der Waals surface area contributed by atoms with Gasteiger partial charge in [0.05, 0.1) is 4.90 Å². The Bertz CT molecular complexity index is 971. The number of thiophene rings is 2. The summed E-state index contributed by atoms with van der Waals surface area (Å²) in [5.74, 6) is -0.254. The van der Waals surface area contributed by atoms with Crippen LogP contribution in [0.1, 0.15) is 21.5 Å². The van der Waals surface area contributed by atoms with Crippen molar-refractivity contribution < 1.29 is 13.2 Å². The minimum atomic E-state index is -3.26. The van der Waals surface area contributed by atoms with E-state index in [1.807, 2.05) is 34.5 Å². The molecule has 0 atom stereocenters. The molecule has 0 N–H and O–H groups in total. The number of aldehydes is 1. The highest BCUT2D eigenvalue weighted by molar-refractivity contribution is 7.91. The first-order valence-electron chi connectivity index (χ1n) is 7.96. The van der Waals surface area contributed by atoms with Gasteiger partial charge in [-0.1, -0.05) is 17.7 Å². The van der Waals surface area contributed by atoms with Gasteiger partial charge >= 0.3 is 0 Å². The maximum absolute atomic E-state index is 11.4. The number of carbonyl (C=O) groups excluding carboxylic acids is 1. The van der Waals surface area contributed by atoms with Crippen molar-refractivity contribution in [1.29, 1.82) is 0 Å². The minimum absolute atomic E-state index is 0.254. The maximum Gasteiger partial charge on any atom is 0.240 e. The first-order chi connectivity index (χ1) is 13.4. The fourth-order valence-electron chi connectivity index (χ4n) is 1.76. The lowest BCUT2D eigenvalue weighted by molar-refractivity contribution is 0.112. The van der Waals surface area contributed by atoms with Crippen molar-refractivity contribution in [2.45, 2.75) is 18.4 Å². The van der Waals surface area contributed by atoms with E-state index in [9.17, 15) is 13.2 Å². The number of hydrogen-bond donors (Lipinski definition) is 0. The van der Waals surface area contributed by atoms with Crippen LogP contribution in [0.5, 0.6) is 0 Å². The third-order valence-electron chi connectivity index (χ3n) is 3.16. The molecule has 0 aliphatic carbocycles. The Kier molecular flexibility index (Phi) is 10.7. The van der Waals surface area contributed by atoms with E-state index < -0.39 is 9.84 Å². The molecular weight excluding hydrogens is 412 g/mol. The maximum atomic E-state index is 11.4. The molecule has 0 amide bonds. The number of hydrogen-bond acceptors (Lipinski definition) is 6. The van der Waals surface area contributed by atoms with Crippen molar-refractivity contribution in [3.05, 3.63) is 86.0 Å². The molecule has 3 rings (SSSR count). The highest BCUT2D eigenvalue weighted by Gasteiger charge is 2.11. The summed E-state index contributed by atoms with van der Waals surface area (Å²) in [5.41, 5.74) is 2.93. The molecule has 2 heterocycles. The van der Waals surface area contributed by atoms with Gasteiger partial charge in [-0.15, -0.1) is 0 Å². The molecule has 3 aromatic rings. The van der Waals surface area contributed by atoms with E-state index in [4.69, 9.17) is 6.57 Å². The van der Waals surface area contributed by atoms with E-state index >= 15 is 0 Å². The fraction of sp³-hybridized carbons (Fsp3) is 0.150. The Morgan fingerprint density at radius 1 is 1.11 bits per heavy atom. The average molecular weight is 433 g/mol. The lowest BCUT2D eigenvalue weighted by Gasteiger charge is -2.00. The topological polar surface area (TPSA) is 67.9 Å². The van der Waals surface area contributed by atoms with Crippen molar-refractivity contribution in [2.75, 3.05) is 5.88 Å². The molecule has 0 saturated heterocycles. The van der Waals surface area contributed by atoms with Crippen molar-refractivity contribution >= 4 is 45.5 Å². The molecule has 146 valence electrons. The number of carbonyl (C=O) groups is 1. The van der Waals surface area contributed by atoms with E-state index in [2.05, 4.69) is 16.6 Å². The summed E-state index contributed by atoms with van der Waals surface area (Å²) in [6, 6.07) is 10.4. The van der Waals surface area contributed by atoms with Gasteiger partial charge in [0.1, 0.15) is 5.88 Å². The van der Waals surface area contributed by atoms with Gasteiger partial charge in [-0.3, -0.25) is 9.79 Å². The third-order valence-corrected chi connectivity index (χ3v) is 6.11. The first-order valence-corrected chi connectivity index (χ1v) is 11.5. The molecule has 0 fully saturated rings. The van der Waals surface area contributed by atoms with Gasteiger partial charge in [-0.2, -0.15) is 22.7 Å². The Morgan fingerprint density at radius 3 is 2.18 bits per heavy atom. The molecule has 2 aromatic heterocycles. The van der Waals surface area contributed by atoms with E-state index in [1.54, 1.807) is 41.7 Å². The molecule has 8 heteroatoms. The second-order valence-electron chi connectivity index (χ2n) is 5.40. The SMILES string of the molecule is C=NCS(=O)(=O)c1ccc(C)cc1.O=Cc1ccsc1.[C-]#[N+]Cc1ccsc1. The van der Waals surface area contributed by atoms with Gasteiger partial charge in [0.2, 0.25) is 6.54 Å². The van der Waals surface area contributed by atoms with Crippen LogP contribution < -0.4 is 0 Å². The van der Waals surface area contributed by atoms with Gasteiger partial charge in [-0.05, 0) is 48.7 Å². The van der Waals surface area contributed by atoms with E-state index in [1.165, 1.54) is 11.3 Å². The molecular formula is C20H20N2O3S3. The lowest BCUT2D eigenvalue weighted by atomic mass is 10.2. The van der Waals surface area contributed by atoms with Crippen LogP contribution in [0.4, 0.5) is 0 Å². The lowest BCUT2D eigenvalue weighted by Crippen LogP contribution is -2.04. The van der Waals surface area contributed by atoms with E-state index in [0.29, 0.717) is 11.4 Å². The smallest absolute Gasteiger partial charge is 0.240 e. The van der Waals surface area contributed by atoms with Crippen LogP contribution in [0.25, 0.3) is 4.85 Å². The summed E-state index contributed by atoms with van der Waals surface area (Å²) in [6.45, 7) is 12.1. The zero-order chi connectivity index (χ0) is 20.8. The minimum Gasteiger partial charge on any atom is -0.312 e. The molecule has 28 heavy (non-hydrogen) atoms. The summed E-state index contributed by atoms with van der Waals surface area (Å²) >= 11 is 3.17. The highest BCUT2D eigenvalue weighted by atomic mass is 32.2. The molecule has 0 radical (unpaired) electrons. The number of aliphatic imine (C=N–C) groups is 1. The standard InChI is InChI=1S/C9H11NO2S.C6H5NS.C5H4OS/c1-8-3-5-9(6-4-8)13(11,12)7-10-2;1-7-4-6-2-3-8-5-6;6-3-5-1-2-7-4-5/h3-6H,2,7H2,1H3;2-3,5H,4H2;1-4H. The molecule has 0 aliphatic heterocycles. The Balaban J connectivity index is 0.000000224. The molecule has 0 spiro atoms. The summed E-state index contributed by atoms with van der Waals surface area (Å²) in [4.78, 5) is 16.8. The molecule has 5 nitrogen and oxygen atoms in total. The number of benzene rings is 1. The van der Waals surface area contributed by atoms with Gasteiger partial charge in [-0.25, -0.2) is 15.0 Å². The van der Waals surface area contributed by atoms with Gasteiger partial charge in [0, 0.05) is 21.9 Å². The zero-order valence-corrected chi connectivity index (χ0v) is 17.8. The van der Waals surface area contributed by atoms with Crippen LogP contribution in [-0.2, 0) is 16.4 Å². The Morgan fingerprint density at radius 2 is 1.75 bits per heavy atom. The predicted octanol–water partition coefficient (Wildman–Crippen LogP) is 5.15. The molecule has 1 aromatic carbocycles. The summed E-state index contributed by atoms with van der Waals surface area (Å²) in [5, 5.41) is 7.68. The monoisotopic (exact) mass is 432 g/mol. The summed E-state index contributed by atoms with van der Waals surface area (Å²) in [6.07, 6.45) is 0.844. The van der Waals surface area contributed by atoms with E-state index in [0.717, 1.165) is 23.0 Å². The third kappa shape index (κ3) is 8.86. The van der Waals surface area contributed by atoms with Crippen molar-refractivity contribution in [3.63, 3.8) is 0 Å². The van der Waals surface area contributed by atoms with Crippen molar-refractivity contribution in [3.8, 4) is 0 Å². The van der Waals surface area contributed by atoms with Crippen molar-refractivity contribution in [1.82, 2.24) is 0 Å². The largest absolute Gasteiger partial charge is 0.312 e. The molecule has 0 unspecified atom stereocenters. The van der Waals surface area contributed by atoms with Crippen LogP contribution in [-0.4, -0.2) is 27.3 Å². The zero-order valence-electron chi connectivity index (χ0n) is 15.3. The second kappa shape index (κ2) is 12.7. The summed E-state index contributed by atoms with van der Waals surface area (Å²) < 4.78 is 22.8. The van der Waals surface area contributed by atoms with Crippen LogP contribution >= 0.6 is 22.7 Å². The first kappa shape index (κ1) is 23.4. The summed E-state index contributed by atoms with van der Waals surface area (Å²) in [7, 11) is -3.26. The van der Waals surface area contributed by atoms with Crippen LogP contribution in [0.2, 0.25) is 0 Å². The number of sulfone groups is 1. The molecule has 0 aliphatic rings. The number of rotatable bonds is 5. The van der Waals surface area contributed by atoms with E-state index in [-0.39, 0.29) is 5.88 Å². The second-order valence-corrected chi connectivity index (χ2v) is 8.92. The Labute approximate surface area is 173 Å².